The summed E-state index contributed by atoms with van der Waals surface area (Å²) in [5.41, 5.74) is 7.84. The van der Waals surface area contributed by atoms with Crippen LogP contribution in [0.25, 0.3) is 0 Å². The number of aryl methyl sites for hydroxylation is 1. The summed E-state index contributed by atoms with van der Waals surface area (Å²) in [4.78, 5) is 24.4. The van der Waals surface area contributed by atoms with Crippen molar-refractivity contribution in [3.63, 3.8) is 0 Å². The first-order valence-electron chi connectivity index (χ1n) is 10.6. The van der Waals surface area contributed by atoms with Gasteiger partial charge in [-0.3, -0.25) is 4.79 Å². The van der Waals surface area contributed by atoms with E-state index >= 15 is 0 Å². The number of urea groups is 1. The number of hydrogen-bond donors (Lipinski definition) is 3. The number of nitrogens with zero attached hydrogens (tertiary/aromatic N) is 1. The monoisotopic (exact) mass is 460 g/mol. The van der Waals surface area contributed by atoms with Crippen molar-refractivity contribution in [2.45, 2.75) is 51.1 Å². The number of benzene rings is 2. The molecule has 0 saturated heterocycles. The molecule has 0 aromatic heterocycles. The lowest BCUT2D eigenvalue weighted by molar-refractivity contribution is -0.122. The number of sulfonamides is 1. The minimum Gasteiger partial charge on any atom is -0.352 e. The molecular weight excluding hydrogens is 428 g/mol. The minimum atomic E-state index is -3.53. The van der Waals surface area contributed by atoms with Crippen molar-refractivity contribution in [3.8, 4) is 0 Å². The summed E-state index contributed by atoms with van der Waals surface area (Å²) in [6.45, 7) is 8.10. The van der Waals surface area contributed by atoms with E-state index in [0.29, 0.717) is 13.1 Å². The second-order valence-corrected chi connectivity index (χ2v) is 9.51. The maximum atomic E-state index is 12.7. The normalized spacial score (nSPS) is 13.4. The molecule has 9 heteroatoms. The number of hydrogen-bond acceptors (Lipinski definition) is 4. The number of carbonyl (C=O) groups is 2. The molecular formula is C23H32N4O4S. The highest BCUT2D eigenvalue weighted by Crippen LogP contribution is 2.22. The van der Waals surface area contributed by atoms with Crippen LogP contribution in [0.2, 0.25) is 0 Å². The van der Waals surface area contributed by atoms with Gasteiger partial charge in [0.15, 0.2) is 0 Å². The molecule has 174 valence electrons. The largest absolute Gasteiger partial charge is 0.352 e. The Balaban J connectivity index is 2.11. The van der Waals surface area contributed by atoms with Crippen LogP contribution in [0.4, 0.5) is 4.79 Å². The smallest absolute Gasteiger partial charge is 0.312 e. The summed E-state index contributed by atoms with van der Waals surface area (Å²) in [6, 6.07) is 12.4. The van der Waals surface area contributed by atoms with Gasteiger partial charge in [-0.1, -0.05) is 50.2 Å². The van der Waals surface area contributed by atoms with Crippen molar-refractivity contribution in [2.75, 3.05) is 13.1 Å². The molecule has 0 spiro atoms. The molecule has 2 aromatic rings. The van der Waals surface area contributed by atoms with Crippen molar-refractivity contribution < 1.29 is 18.0 Å². The molecule has 0 bridgehead atoms. The zero-order valence-electron chi connectivity index (χ0n) is 19.0. The van der Waals surface area contributed by atoms with Gasteiger partial charge in [-0.2, -0.15) is 4.31 Å². The zero-order valence-corrected chi connectivity index (χ0v) is 19.8. The molecule has 32 heavy (non-hydrogen) atoms. The lowest BCUT2D eigenvalue weighted by Gasteiger charge is -2.22. The first kappa shape index (κ1) is 25.4. The summed E-state index contributed by atoms with van der Waals surface area (Å²) in [7, 11) is -3.53. The second-order valence-electron chi connectivity index (χ2n) is 7.57. The van der Waals surface area contributed by atoms with Crippen LogP contribution in [-0.4, -0.2) is 37.8 Å². The maximum Gasteiger partial charge on any atom is 0.312 e. The first-order chi connectivity index (χ1) is 15.1. The molecule has 0 aliphatic rings. The maximum absolute atomic E-state index is 12.7. The first-order valence-corrected chi connectivity index (χ1v) is 12.0. The van der Waals surface area contributed by atoms with Crippen LogP contribution in [0, 0.1) is 6.92 Å². The summed E-state index contributed by atoms with van der Waals surface area (Å²) in [5, 5.41) is 5.53. The number of rotatable bonds is 10. The number of primary amides is 1. The molecule has 0 saturated carbocycles. The predicted molar refractivity (Wildman–Crippen MR) is 124 cm³/mol. The Morgan fingerprint density at radius 1 is 1.00 bits per heavy atom. The molecule has 0 heterocycles. The van der Waals surface area contributed by atoms with E-state index in [1.165, 1.54) is 4.31 Å². The lowest BCUT2D eigenvalue weighted by Crippen LogP contribution is -2.37. The average molecular weight is 461 g/mol. The van der Waals surface area contributed by atoms with E-state index in [2.05, 4.69) is 10.6 Å². The van der Waals surface area contributed by atoms with Crippen LogP contribution in [0.5, 0.6) is 0 Å². The fourth-order valence-corrected chi connectivity index (χ4v) is 5.06. The van der Waals surface area contributed by atoms with Crippen LogP contribution in [0.1, 0.15) is 56.0 Å². The van der Waals surface area contributed by atoms with Gasteiger partial charge in [0.25, 0.3) is 0 Å². The average Bonchev–Trinajstić information content (AvgIpc) is 2.74. The van der Waals surface area contributed by atoms with Crippen LogP contribution in [0.3, 0.4) is 0 Å². The van der Waals surface area contributed by atoms with Crippen molar-refractivity contribution in [2.24, 2.45) is 5.73 Å². The third kappa shape index (κ3) is 6.30. The molecule has 2 rings (SSSR count). The minimum absolute atomic E-state index is 0.0204. The molecule has 3 amide bonds. The number of carbonyl (C=O) groups excluding carboxylic acids is 2. The van der Waals surface area contributed by atoms with Gasteiger partial charge in [-0.15, -0.1) is 0 Å². The molecule has 0 aliphatic heterocycles. The van der Waals surface area contributed by atoms with Crippen LogP contribution in [0.15, 0.2) is 53.4 Å². The van der Waals surface area contributed by atoms with E-state index in [4.69, 9.17) is 5.73 Å². The Morgan fingerprint density at radius 2 is 1.59 bits per heavy atom. The Kier molecular flexibility index (Phi) is 8.80. The molecule has 2 unspecified atom stereocenters. The number of amides is 3. The zero-order chi connectivity index (χ0) is 23.9. The summed E-state index contributed by atoms with van der Waals surface area (Å²) in [5.74, 6) is -0.264. The Labute approximate surface area is 190 Å². The van der Waals surface area contributed by atoms with E-state index in [0.717, 1.165) is 16.7 Å². The van der Waals surface area contributed by atoms with Gasteiger partial charge < -0.3 is 16.4 Å². The van der Waals surface area contributed by atoms with Crippen LogP contribution < -0.4 is 16.4 Å². The molecule has 2 aromatic carbocycles. The van der Waals surface area contributed by atoms with E-state index in [-0.39, 0.29) is 23.3 Å². The SMILES string of the molecule is CCN(CC)S(=O)(=O)c1ccc(C(C)NC(=O)CC(NC(N)=O)c2ccccc2C)cc1. The van der Waals surface area contributed by atoms with Crippen LogP contribution >= 0.6 is 0 Å². The Bertz CT molecular complexity index is 1030. The van der Waals surface area contributed by atoms with Gasteiger partial charge in [0.05, 0.1) is 23.4 Å². The van der Waals surface area contributed by atoms with Crippen molar-refractivity contribution in [1.82, 2.24) is 14.9 Å². The van der Waals surface area contributed by atoms with Gasteiger partial charge in [0, 0.05) is 13.1 Å². The van der Waals surface area contributed by atoms with Crippen LogP contribution in [-0.2, 0) is 14.8 Å². The highest BCUT2D eigenvalue weighted by Gasteiger charge is 2.23. The number of nitrogens with two attached hydrogens (primary N) is 1. The predicted octanol–water partition coefficient (Wildman–Crippen LogP) is 3.00. The van der Waals surface area contributed by atoms with E-state index in [1.807, 2.05) is 38.1 Å². The summed E-state index contributed by atoms with van der Waals surface area (Å²) in [6.07, 6.45) is 0.0204. The van der Waals surface area contributed by atoms with E-state index < -0.39 is 22.1 Å². The molecule has 0 radical (unpaired) electrons. The van der Waals surface area contributed by atoms with Gasteiger partial charge in [0.2, 0.25) is 15.9 Å². The Hall–Kier alpha value is -2.91. The standard InChI is InChI=1S/C23H32N4O4S/c1-5-27(6-2)32(30,31)19-13-11-18(12-14-19)17(4)25-22(28)15-21(26-23(24)29)20-10-8-7-9-16(20)3/h7-14,17,21H,5-6,15H2,1-4H3,(H,25,28)(H3,24,26,29). The topological polar surface area (TPSA) is 122 Å². The summed E-state index contributed by atoms with van der Waals surface area (Å²) >= 11 is 0. The quantitative estimate of drug-likeness (QED) is 0.504. The third-order valence-electron chi connectivity index (χ3n) is 5.37. The fourth-order valence-electron chi connectivity index (χ4n) is 3.60. The van der Waals surface area contributed by atoms with Gasteiger partial charge in [-0.05, 0) is 42.7 Å². The van der Waals surface area contributed by atoms with Gasteiger partial charge >= 0.3 is 6.03 Å². The van der Waals surface area contributed by atoms with Gasteiger partial charge in [0.1, 0.15) is 0 Å². The van der Waals surface area contributed by atoms with Crippen molar-refractivity contribution in [3.05, 3.63) is 65.2 Å². The third-order valence-corrected chi connectivity index (χ3v) is 7.43. The fraction of sp³-hybridized carbons (Fsp3) is 0.391. The molecule has 8 nitrogen and oxygen atoms in total. The highest BCUT2D eigenvalue weighted by molar-refractivity contribution is 7.89. The highest BCUT2D eigenvalue weighted by atomic mass is 32.2. The molecule has 0 aliphatic carbocycles. The number of nitrogens with one attached hydrogen (secondary N) is 2. The van der Waals surface area contributed by atoms with E-state index in [9.17, 15) is 18.0 Å². The lowest BCUT2D eigenvalue weighted by atomic mass is 9.98. The molecule has 0 fully saturated rings. The van der Waals surface area contributed by atoms with Gasteiger partial charge in [-0.25, -0.2) is 13.2 Å². The second kappa shape index (κ2) is 11.1. The molecule has 2 atom stereocenters. The van der Waals surface area contributed by atoms with Crippen molar-refractivity contribution in [1.29, 1.82) is 0 Å². The van der Waals surface area contributed by atoms with E-state index in [1.54, 1.807) is 38.1 Å². The Morgan fingerprint density at radius 3 is 2.12 bits per heavy atom. The summed E-state index contributed by atoms with van der Waals surface area (Å²) < 4.78 is 26.7. The van der Waals surface area contributed by atoms with Crippen molar-refractivity contribution >= 4 is 22.0 Å². The molecule has 4 N–H and O–H groups in total.